The third kappa shape index (κ3) is 5.00. The average molecular weight is 371 g/mol. The van der Waals surface area contributed by atoms with Crippen LogP contribution in [0.15, 0.2) is 30.3 Å². The summed E-state index contributed by atoms with van der Waals surface area (Å²) in [5.41, 5.74) is 3.16. The van der Waals surface area contributed by atoms with Crippen molar-refractivity contribution in [2.24, 2.45) is 7.05 Å². The minimum absolute atomic E-state index is 0.222. The van der Waals surface area contributed by atoms with Gasteiger partial charge in [-0.25, -0.2) is 4.79 Å². The highest BCUT2D eigenvalue weighted by Crippen LogP contribution is 2.28. The molecule has 0 N–H and O–H groups in total. The molecular formula is C21H25NO5. The maximum absolute atomic E-state index is 12.2. The Morgan fingerprint density at radius 2 is 1.89 bits per heavy atom. The lowest BCUT2D eigenvalue weighted by atomic mass is 10.1. The Kier molecular flexibility index (Phi) is 6.82. The van der Waals surface area contributed by atoms with Crippen LogP contribution in [0.25, 0.3) is 6.08 Å². The number of ketones is 1. The Morgan fingerprint density at radius 1 is 1.15 bits per heavy atom. The number of ether oxygens (including phenoxy) is 3. The van der Waals surface area contributed by atoms with Crippen LogP contribution in [0.4, 0.5) is 0 Å². The first-order valence-electron chi connectivity index (χ1n) is 8.69. The minimum atomic E-state index is -0.582. The summed E-state index contributed by atoms with van der Waals surface area (Å²) in [7, 11) is 3.44. The van der Waals surface area contributed by atoms with Gasteiger partial charge in [0.15, 0.2) is 18.1 Å². The van der Waals surface area contributed by atoms with Gasteiger partial charge in [0.2, 0.25) is 5.78 Å². The zero-order chi connectivity index (χ0) is 20.0. The highest BCUT2D eigenvalue weighted by Gasteiger charge is 2.15. The summed E-state index contributed by atoms with van der Waals surface area (Å²) >= 11 is 0. The minimum Gasteiger partial charge on any atom is -0.493 e. The summed E-state index contributed by atoms with van der Waals surface area (Å²) in [5, 5.41) is 0. The molecule has 0 saturated carbocycles. The van der Waals surface area contributed by atoms with E-state index in [1.54, 1.807) is 37.5 Å². The van der Waals surface area contributed by atoms with Crippen molar-refractivity contribution in [3.05, 3.63) is 52.9 Å². The van der Waals surface area contributed by atoms with Crippen molar-refractivity contribution in [2.75, 3.05) is 20.3 Å². The number of benzene rings is 1. The predicted molar refractivity (Wildman–Crippen MR) is 103 cm³/mol. The molecule has 0 saturated heterocycles. The molecule has 0 spiro atoms. The second-order valence-electron chi connectivity index (χ2n) is 6.05. The zero-order valence-electron chi connectivity index (χ0n) is 16.4. The fraction of sp³-hybridized carbons (Fsp3) is 0.333. The van der Waals surface area contributed by atoms with Crippen LogP contribution in [0, 0.1) is 13.8 Å². The van der Waals surface area contributed by atoms with E-state index in [0.717, 1.165) is 17.0 Å². The molecule has 0 amide bonds. The first-order valence-corrected chi connectivity index (χ1v) is 8.69. The second-order valence-corrected chi connectivity index (χ2v) is 6.05. The molecule has 2 rings (SSSR count). The third-order valence-corrected chi connectivity index (χ3v) is 4.32. The molecule has 0 aliphatic carbocycles. The van der Waals surface area contributed by atoms with Gasteiger partial charge >= 0.3 is 5.97 Å². The lowest BCUT2D eigenvalue weighted by molar-refractivity contribution is -0.136. The van der Waals surface area contributed by atoms with Crippen molar-refractivity contribution in [2.45, 2.75) is 20.8 Å². The van der Waals surface area contributed by atoms with Crippen LogP contribution < -0.4 is 9.47 Å². The zero-order valence-corrected chi connectivity index (χ0v) is 16.4. The smallest absolute Gasteiger partial charge is 0.331 e. The van der Waals surface area contributed by atoms with Crippen LogP contribution >= 0.6 is 0 Å². The lowest BCUT2D eigenvalue weighted by Gasteiger charge is -2.09. The van der Waals surface area contributed by atoms with E-state index in [4.69, 9.17) is 14.2 Å². The Balaban J connectivity index is 1.97. The second kappa shape index (κ2) is 9.07. The predicted octanol–water partition coefficient (Wildman–Crippen LogP) is 3.49. The molecule has 144 valence electrons. The summed E-state index contributed by atoms with van der Waals surface area (Å²) in [5.74, 6) is 0.415. The van der Waals surface area contributed by atoms with Gasteiger partial charge in [0, 0.05) is 30.1 Å². The van der Waals surface area contributed by atoms with Gasteiger partial charge in [0.25, 0.3) is 0 Å². The van der Waals surface area contributed by atoms with Crippen molar-refractivity contribution < 1.29 is 23.8 Å². The number of Topliss-reactive ketones (excluding diaryl/α,β-unsaturated/α-hetero) is 1. The summed E-state index contributed by atoms with van der Waals surface area (Å²) < 4.78 is 17.7. The molecule has 1 heterocycles. The number of esters is 1. The van der Waals surface area contributed by atoms with Crippen molar-refractivity contribution in [3.8, 4) is 11.5 Å². The number of hydrogen-bond acceptors (Lipinski definition) is 5. The summed E-state index contributed by atoms with van der Waals surface area (Å²) in [6.45, 7) is 5.92. The number of aromatic nitrogens is 1. The lowest BCUT2D eigenvalue weighted by Crippen LogP contribution is -2.13. The van der Waals surface area contributed by atoms with E-state index >= 15 is 0 Å². The molecule has 0 atom stereocenters. The average Bonchev–Trinajstić information content (AvgIpc) is 2.92. The van der Waals surface area contributed by atoms with E-state index in [9.17, 15) is 9.59 Å². The molecule has 6 nitrogen and oxygen atoms in total. The molecule has 6 heteroatoms. The SMILES string of the molecule is CCOc1ccc(/C=C/C(=O)OCC(=O)c2cc(C)n(C)c2C)cc1OC. The molecule has 0 aliphatic rings. The molecule has 0 aliphatic heterocycles. The van der Waals surface area contributed by atoms with Gasteiger partial charge in [-0.05, 0) is 50.6 Å². The number of carbonyl (C=O) groups excluding carboxylic acids is 2. The maximum Gasteiger partial charge on any atom is 0.331 e. The molecular weight excluding hydrogens is 346 g/mol. The first-order chi connectivity index (χ1) is 12.9. The molecule has 0 fully saturated rings. The van der Waals surface area contributed by atoms with Crippen LogP contribution in [-0.2, 0) is 16.6 Å². The maximum atomic E-state index is 12.2. The highest BCUT2D eigenvalue weighted by molar-refractivity contribution is 6.00. The number of aryl methyl sites for hydroxylation is 1. The number of carbonyl (C=O) groups is 2. The molecule has 1 aromatic heterocycles. The van der Waals surface area contributed by atoms with E-state index in [-0.39, 0.29) is 12.4 Å². The number of hydrogen-bond donors (Lipinski definition) is 0. The fourth-order valence-electron chi connectivity index (χ4n) is 2.63. The van der Waals surface area contributed by atoms with Gasteiger partial charge in [0.05, 0.1) is 13.7 Å². The van der Waals surface area contributed by atoms with Gasteiger partial charge < -0.3 is 18.8 Å². The Labute approximate surface area is 159 Å². The number of methoxy groups -OCH3 is 1. The molecule has 0 radical (unpaired) electrons. The van der Waals surface area contributed by atoms with Gasteiger partial charge in [-0.15, -0.1) is 0 Å². The summed E-state index contributed by atoms with van der Waals surface area (Å²) in [6, 6.07) is 7.14. The normalized spacial score (nSPS) is 10.9. The Hall–Kier alpha value is -3.02. The van der Waals surface area contributed by atoms with Crippen LogP contribution in [-0.4, -0.2) is 36.6 Å². The highest BCUT2D eigenvalue weighted by atomic mass is 16.5. The number of rotatable bonds is 8. The van der Waals surface area contributed by atoms with E-state index in [1.807, 2.05) is 32.4 Å². The van der Waals surface area contributed by atoms with Gasteiger partial charge in [-0.3, -0.25) is 4.79 Å². The third-order valence-electron chi connectivity index (χ3n) is 4.32. The van der Waals surface area contributed by atoms with Gasteiger partial charge in [-0.1, -0.05) is 6.07 Å². The van der Waals surface area contributed by atoms with Crippen molar-refractivity contribution >= 4 is 17.8 Å². The molecule has 0 unspecified atom stereocenters. The first kappa shape index (κ1) is 20.3. The summed E-state index contributed by atoms with van der Waals surface area (Å²) in [4.78, 5) is 24.2. The molecule has 27 heavy (non-hydrogen) atoms. The quantitative estimate of drug-likeness (QED) is 0.404. The number of nitrogens with zero attached hydrogens (tertiary/aromatic N) is 1. The molecule has 1 aromatic carbocycles. The van der Waals surface area contributed by atoms with Crippen molar-refractivity contribution in [1.29, 1.82) is 0 Å². The van der Waals surface area contributed by atoms with E-state index in [2.05, 4.69) is 0 Å². The fourth-order valence-corrected chi connectivity index (χ4v) is 2.63. The topological polar surface area (TPSA) is 66.8 Å². The van der Waals surface area contributed by atoms with Crippen LogP contribution in [0.2, 0.25) is 0 Å². The largest absolute Gasteiger partial charge is 0.493 e. The summed E-state index contributed by atoms with van der Waals surface area (Å²) in [6.07, 6.45) is 2.88. The van der Waals surface area contributed by atoms with Crippen molar-refractivity contribution in [1.82, 2.24) is 4.57 Å². The molecule has 2 aromatic rings. The van der Waals surface area contributed by atoms with E-state index in [1.165, 1.54) is 6.08 Å². The monoisotopic (exact) mass is 371 g/mol. The Morgan fingerprint density at radius 3 is 2.48 bits per heavy atom. The van der Waals surface area contributed by atoms with E-state index < -0.39 is 5.97 Å². The van der Waals surface area contributed by atoms with Gasteiger partial charge in [-0.2, -0.15) is 0 Å². The van der Waals surface area contributed by atoms with Crippen molar-refractivity contribution in [3.63, 3.8) is 0 Å². The van der Waals surface area contributed by atoms with E-state index in [0.29, 0.717) is 23.7 Å². The van der Waals surface area contributed by atoms with Crippen LogP contribution in [0.1, 0.15) is 34.2 Å². The standard InChI is InChI=1S/C21H25NO5/c1-6-26-19-9-7-16(12-20(19)25-5)8-10-21(24)27-13-18(23)17-11-14(2)22(4)15(17)3/h7-12H,6,13H2,1-5H3/b10-8+. The van der Waals surface area contributed by atoms with Crippen LogP contribution in [0.5, 0.6) is 11.5 Å². The van der Waals surface area contributed by atoms with Crippen LogP contribution in [0.3, 0.4) is 0 Å². The molecule has 0 bridgehead atoms. The van der Waals surface area contributed by atoms with Gasteiger partial charge in [0.1, 0.15) is 0 Å². The Bertz CT molecular complexity index is 864.